The lowest BCUT2D eigenvalue weighted by Crippen LogP contribution is -2.42. The Morgan fingerprint density at radius 3 is 2.47 bits per heavy atom. The lowest BCUT2D eigenvalue weighted by atomic mass is 9.99. The number of carbonyl (C=O) groups is 4. The van der Waals surface area contributed by atoms with Gasteiger partial charge in [-0.3, -0.25) is 19.6 Å². The van der Waals surface area contributed by atoms with Crippen LogP contribution in [0.4, 0.5) is 0 Å². The van der Waals surface area contributed by atoms with Crippen molar-refractivity contribution in [2.45, 2.75) is 39.0 Å². The van der Waals surface area contributed by atoms with Gasteiger partial charge in [0, 0.05) is 5.56 Å². The van der Waals surface area contributed by atoms with E-state index in [1.54, 1.807) is 30.3 Å². The molecule has 1 atom stereocenters. The number of carbonyl (C=O) groups excluding carboxylic acids is 4. The highest BCUT2D eigenvalue weighted by molar-refractivity contribution is 5.92. The summed E-state index contributed by atoms with van der Waals surface area (Å²) in [6, 6.07) is 9.67. The van der Waals surface area contributed by atoms with E-state index in [0.29, 0.717) is 28.4 Å². The monoisotopic (exact) mass is 473 g/mol. The Balaban J connectivity index is 1.88. The molecule has 1 heterocycles. The SMILES string of the molecule is CCCCCC[C@H](CN(O)C=O)C(=O)NCNC(=O)c1ccc(-c2ccc(C(=O)OC)cc2)o1. The standard InChI is InChI=1S/C24H31N3O7/c1-3-4-5-6-7-19(14-27(32)16-28)22(29)25-15-26-23(30)21-13-12-20(34-21)17-8-10-18(11-9-17)24(31)33-2/h8-13,16,19,32H,3-7,14-15H2,1-2H3,(H,25,29)(H,26,30)/t19-/m1/s1. The topological polar surface area (TPSA) is 138 Å². The van der Waals surface area contributed by atoms with E-state index in [1.807, 2.05) is 0 Å². The summed E-state index contributed by atoms with van der Waals surface area (Å²) in [5.41, 5.74) is 1.07. The molecular weight excluding hydrogens is 442 g/mol. The zero-order valence-electron chi connectivity index (χ0n) is 19.4. The molecule has 0 aliphatic carbocycles. The number of methoxy groups -OCH3 is 1. The van der Waals surface area contributed by atoms with Gasteiger partial charge in [-0.2, -0.15) is 0 Å². The first-order valence-corrected chi connectivity index (χ1v) is 11.1. The van der Waals surface area contributed by atoms with Crippen LogP contribution in [0.5, 0.6) is 0 Å². The van der Waals surface area contributed by atoms with Gasteiger partial charge in [0.05, 0.1) is 31.8 Å². The number of esters is 1. The minimum absolute atomic E-state index is 0.0555. The van der Waals surface area contributed by atoms with Gasteiger partial charge in [-0.1, -0.05) is 44.7 Å². The maximum atomic E-state index is 12.5. The molecule has 1 aromatic carbocycles. The maximum absolute atomic E-state index is 12.5. The second-order valence-corrected chi connectivity index (χ2v) is 7.73. The normalized spacial score (nSPS) is 11.4. The highest BCUT2D eigenvalue weighted by atomic mass is 16.5. The summed E-state index contributed by atoms with van der Waals surface area (Å²) < 4.78 is 10.3. The number of nitrogens with one attached hydrogen (secondary N) is 2. The van der Waals surface area contributed by atoms with E-state index in [1.165, 1.54) is 13.2 Å². The summed E-state index contributed by atoms with van der Waals surface area (Å²) in [4.78, 5) is 47.1. The van der Waals surface area contributed by atoms with Crippen LogP contribution in [0.25, 0.3) is 11.3 Å². The van der Waals surface area contributed by atoms with Crippen molar-refractivity contribution < 1.29 is 33.5 Å². The minimum atomic E-state index is -0.591. The summed E-state index contributed by atoms with van der Waals surface area (Å²) in [6.45, 7) is 1.82. The van der Waals surface area contributed by atoms with Crippen molar-refractivity contribution in [2.24, 2.45) is 5.92 Å². The van der Waals surface area contributed by atoms with Crippen LogP contribution in [0.3, 0.4) is 0 Å². The average molecular weight is 474 g/mol. The van der Waals surface area contributed by atoms with E-state index in [9.17, 15) is 24.4 Å². The van der Waals surface area contributed by atoms with Crippen molar-refractivity contribution in [2.75, 3.05) is 20.3 Å². The largest absolute Gasteiger partial charge is 0.465 e. The average Bonchev–Trinajstić information content (AvgIpc) is 3.35. The van der Waals surface area contributed by atoms with Crippen LogP contribution in [0.1, 0.15) is 59.9 Å². The molecule has 0 saturated carbocycles. The van der Waals surface area contributed by atoms with Crippen molar-refractivity contribution in [3.05, 3.63) is 47.7 Å². The molecule has 0 aliphatic heterocycles. The fraction of sp³-hybridized carbons (Fsp3) is 0.417. The molecule has 3 amide bonds. The maximum Gasteiger partial charge on any atom is 0.337 e. The molecule has 3 N–H and O–H groups in total. The van der Waals surface area contributed by atoms with Gasteiger partial charge in [0.25, 0.3) is 5.91 Å². The Labute approximate surface area is 198 Å². The van der Waals surface area contributed by atoms with E-state index in [-0.39, 0.29) is 31.3 Å². The molecule has 0 radical (unpaired) electrons. The van der Waals surface area contributed by atoms with E-state index in [2.05, 4.69) is 22.3 Å². The summed E-state index contributed by atoms with van der Waals surface area (Å²) in [6.07, 6.45) is 4.61. The number of benzene rings is 1. The highest BCUT2D eigenvalue weighted by Gasteiger charge is 2.21. The van der Waals surface area contributed by atoms with Crippen molar-refractivity contribution in [1.82, 2.24) is 15.7 Å². The number of amides is 3. The minimum Gasteiger partial charge on any atom is -0.465 e. The van der Waals surface area contributed by atoms with Crippen LogP contribution in [-0.4, -0.2) is 54.8 Å². The van der Waals surface area contributed by atoms with Crippen molar-refractivity contribution in [3.8, 4) is 11.3 Å². The number of ether oxygens (including phenoxy) is 1. The summed E-state index contributed by atoms with van der Waals surface area (Å²) in [5, 5.41) is 15.1. The van der Waals surface area contributed by atoms with Gasteiger partial charge in [-0.25, -0.2) is 9.86 Å². The summed E-state index contributed by atoms with van der Waals surface area (Å²) in [7, 11) is 1.30. The van der Waals surface area contributed by atoms with Gasteiger partial charge in [0.2, 0.25) is 12.3 Å². The van der Waals surface area contributed by atoms with E-state index >= 15 is 0 Å². The van der Waals surface area contributed by atoms with Crippen molar-refractivity contribution >= 4 is 24.2 Å². The zero-order valence-corrected chi connectivity index (χ0v) is 19.4. The van der Waals surface area contributed by atoms with Crippen LogP contribution in [-0.2, 0) is 14.3 Å². The molecule has 34 heavy (non-hydrogen) atoms. The summed E-state index contributed by atoms with van der Waals surface area (Å²) in [5.74, 6) is -1.44. The van der Waals surface area contributed by atoms with E-state index in [0.717, 1.165) is 25.7 Å². The predicted molar refractivity (Wildman–Crippen MR) is 123 cm³/mol. The molecule has 2 rings (SSSR count). The Morgan fingerprint density at radius 2 is 1.82 bits per heavy atom. The molecule has 10 nitrogen and oxygen atoms in total. The van der Waals surface area contributed by atoms with Crippen molar-refractivity contribution in [3.63, 3.8) is 0 Å². The molecule has 0 saturated heterocycles. The Morgan fingerprint density at radius 1 is 1.09 bits per heavy atom. The van der Waals surface area contributed by atoms with Gasteiger partial charge in [0.1, 0.15) is 5.76 Å². The molecule has 0 unspecified atom stereocenters. The lowest BCUT2D eigenvalue weighted by Gasteiger charge is -2.19. The van der Waals surface area contributed by atoms with Crippen LogP contribution in [0.2, 0.25) is 0 Å². The Kier molecular flexibility index (Phi) is 10.8. The molecule has 2 aromatic rings. The predicted octanol–water partition coefficient (Wildman–Crippen LogP) is 2.97. The van der Waals surface area contributed by atoms with E-state index < -0.39 is 17.8 Å². The smallest absolute Gasteiger partial charge is 0.337 e. The highest BCUT2D eigenvalue weighted by Crippen LogP contribution is 2.23. The Bertz CT molecular complexity index is 956. The lowest BCUT2D eigenvalue weighted by molar-refractivity contribution is -0.154. The van der Waals surface area contributed by atoms with Gasteiger partial charge < -0.3 is 19.8 Å². The Hall–Kier alpha value is -3.66. The number of hydrogen-bond donors (Lipinski definition) is 3. The van der Waals surface area contributed by atoms with Gasteiger partial charge in [-0.15, -0.1) is 0 Å². The number of hydroxylamine groups is 2. The van der Waals surface area contributed by atoms with Crippen LogP contribution < -0.4 is 10.6 Å². The van der Waals surface area contributed by atoms with Gasteiger partial charge >= 0.3 is 5.97 Å². The third-order valence-corrected chi connectivity index (χ3v) is 5.24. The first kappa shape index (κ1) is 26.6. The van der Waals surface area contributed by atoms with Gasteiger partial charge in [-0.05, 0) is 30.7 Å². The van der Waals surface area contributed by atoms with E-state index in [4.69, 9.17) is 4.42 Å². The van der Waals surface area contributed by atoms with Crippen LogP contribution in [0.15, 0.2) is 40.8 Å². The van der Waals surface area contributed by atoms with Crippen LogP contribution >= 0.6 is 0 Å². The number of nitrogens with zero attached hydrogens (tertiary/aromatic N) is 1. The van der Waals surface area contributed by atoms with Crippen molar-refractivity contribution in [1.29, 1.82) is 0 Å². The molecule has 0 bridgehead atoms. The first-order valence-electron chi connectivity index (χ1n) is 11.1. The quantitative estimate of drug-likeness (QED) is 0.0957. The fourth-order valence-corrected chi connectivity index (χ4v) is 3.34. The number of unbranched alkanes of at least 4 members (excludes halogenated alkanes) is 3. The second-order valence-electron chi connectivity index (χ2n) is 7.73. The first-order chi connectivity index (χ1) is 16.4. The fourth-order valence-electron chi connectivity index (χ4n) is 3.34. The number of furan rings is 1. The third kappa shape index (κ3) is 8.04. The zero-order chi connectivity index (χ0) is 24.9. The summed E-state index contributed by atoms with van der Waals surface area (Å²) >= 11 is 0. The number of hydrogen-bond acceptors (Lipinski definition) is 7. The molecular formula is C24H31N3O7. The molecule has 0 spiro atoms. The third-order valence-electron chi connectivity index (χ3n) is 5.24. The number of rotatable bonds is 14. The molecule has 10 heteroatoms. The second kappa shape index (κ2) is 13.8. The van der Waals surface area contributed by atoms with Gasteiger partial charge in [0.15, 0.2) is 5.76 Å². The molecule has 1 aromatic heterocycles. The molecule has 0 aliphatic rings. The molecule has 0 fully saturated rings. The van der Waals surface area contributed by atoms with Crippen LogP contribution in [0, 0.1) is 5.92 Å². The molecule has 184 valence electrons.